The van der Waals surface area contributed by atoms with Gasteiger partial charge in [-0.15, -0.1) is 0 Å². The molecule has 0 radical (unpaired) electrons. The van der Waals surface area contributed by atoms with Gasteiger partial charge in [-0.25, -0.2) is 9.36 Å². The maximum atomic E-state index is 13.2. The van der Waals surface area contributed by atoms with Crippen LogP contribution in [0.3, 0.4) is 0 Å². The number of alkyl halides is 3. The molecule has 170 valence electrons. The summed E-state index contributed by atoms with van der Waals surface area (Å²) in [5, 5.41) is 11.7. The molecule has 7 nitrogen and oxygen atoms in total. The van der Waals surface area contributed by atoms with Gasteiger partial charge in [-0.3, -0.25) is 9.59 Å². The van der Waals surface area contributed by atoms with Crippen LogP contribution < -0.4 is 10.9 Å². The van der Waals surface area contributed by atoms with E-state index in [1.54, 1.807) is 38.1 Å². The summed E-state index contributed by atoms with van der Waals surface area (Å²) in [6.45, 7) is 3.60. The van der Waals surface area contributed by atoms with Crippen LogP contribution in [0.25, 0.3) is 16.5 Å². The molecule has 0 spiro atoms. The van der Waals surface area contributed by atoms with Crippen molar-refractivity contribution in [2.24, 2.45) is 0 Å². The molecule has 2 heterocycles. The third-order valence-corrected chi connectivity index (χ3v) is 5.28. The fourth-order valence-corrected chi connectivity index (χ4v) is 3.61. The number of aryl methyl sites for hydroxylation is 2. The van der Waals surface area contributed by atoms with Gasteiger partial charge in [-0.05, 0) is 38.1 Å². The molecule has 11 heteroatoms. The first-order valence-corrected chi connectivity index (χ1v) is 10.2. The molecule has 0 atom stereocenters. The number of hydrogen-bond donors (Lipinski definition) is 1. The highest BCUT2D eigenvalue weighted by molar-refractivity contribution is 6.32. The minimum atomic E-state index is -4.58. The van der Waals surface area contributed by atoms with Gasteiger partial charge < -0.3 is 5.32 Å². The van der Waals surface area contributed by atoms with Gasteiger partial charge in [-0.1, -0.05) is 29.8 Å². The van der Waals surface area contributed by atoms with Gasteiger partial charge >= 0.3 is 6.18 Å². The number of amides is 1. The summed E-state index contributed by atoms with van der Waals surface area (Å²) in [6.07, 6.45) is -4.58. The van der Waals surface area contributed by atoms with Crippen molar-refractivity contribution in [3.63, 3.8) is 0 Å². The lowest BCUT2D eigenvalue weighted by molar-refractivity contribution is -0.137. The Morgan fingerprint density at radius 1 is 1.09 bits per heavy atom. The average Bonchev–Trinajstić information content (AvgIpc) is 3.13. The van der Waals surface area contributed by atoms with E-state index in [9.17, 15) is 22.8 Å². The minimum absolute atomic E-state index is 0.00686. The first kappa shape index (κ1) is 22.5. The van der Waals surface area contributed by atoms with Gasteiger partial charge in [0.25, 0.3) is 11.5 Å². The predicted molar refractivity (Wildman–Crippen MR) is 118 cm³/mol. The molecule has 1 N–H and O–H groups in total. The third kappa shape index (κ3) is 4.21. The molecule has 2 aromatic carbocycles. The van der Waals surface area contributed by atoms with E-state index in [0.29, 0.717) is 16.5 Å². The quantitative estimate of drug-likeness (QED) is 0.458. The number of hydrogen-bond acceptors (Lipinski definition) is 4. The lowest BCUT2D eigenvalue weighted by atomic mass is 10.1. The van der Waals surface area contributed by atoms with Crippen LogP contribution in [0.5, 0.6) is 0 Å². The molecule has 0 saturated heterocycles. The molecule has 0 aliphatic rings. The molecular weight excluding hydrogens is 459 g/mol. The van der Waals surface area contributed by atoms with Gasteiger partial charge in [0.05, 0.1) is 27.4 Å². The Bertz CT molecular complexity index is 1440. The van der Waals surface area contributed by atoms with Gasteiger partial charge in [0.2, 0.25) is 0 Å². The van der Waals surface area contributed by atoms with Crippen LogP contribution in [0.2, 0.25) is 5.02 Å². The van der Waals surface area contributed by atoms with Gasteiger partial charge in [-0.2, -0.15) is 23.4 Å². The highest BCUT2D eigenvalue weighted by atomic mass is 35.5. The van der Waals surface area contributed by atoms with Crippen molar-refractivity contribution in [1.82, 2.24) is 19.6 Å². The molecule has 0 bridgehead atoms. The fourth-order valence-electron chi connectivity index (χ4n) is 3.42. The van der Waals surface area contributed by atoms with E-state index in [2.05, 4.69) is 15.5 Å². The van der Waals surface area contributed by atoms with Gasteiger partial charge in [0, 0.05) is 18.0 Å². The summed E-state index contributed by atoms with van der Waals surface area (Å²) in [5.41, 5.74) is -0.856. The lowest BCUT2D eigenvalue weighted by Crippen LogP contribution is -2.27. The SMILES string of the molecule is CCn1nc(C(=O)Nc2cc(C)nn2-c2cc(C(F)(F)F)ccc2Cl)c2ccccc2c1=O. The number of carbonyl (C=O) groups is 1. The molecule has 0 aliphatic heterocycles. The zero-order valence-electron chi connectivity index (χ0n) is 17.4. The van der Waals surface area contributed by atoms with E-state index in [4.69, 9.17) is 11.6 Å². The first-order valence-electron chi connectivity index (χ1n) is 9.85. The predicted octanol–water partition coefficient (Wildman–Crippen LogP) is 4.84. The topological polar surface area (TPSA) is 81.8 Å². The van der Waals surface area contributed by atoms with Gasteiger partial charge in [0.15, 0.2) is 5.69 Å². The van der Waals surface area contributed by atoms with Crippen molar-refractivity contribution in [2.75, 3.05) is 5.32 Å². The number of carbonyl (C=O) groups excluding carboxylic acids is 1. The summed E-state index contributed by atoms with van der Waals surface area (Å²) >= 11 is 6.16. The Labute approximate surface area is 190 Å². The van der Waals surface area contributed by atoms with Crippen molar-refractivity contribution < 1.29 is 18.0 Å². The Balaban J connectivity index is 1.80. The molecule has 0 saturated carbocycles. The standard InChI is InChI=1S/C22H17ClF3N5O2/c1-3-30-21(33)15-7-5-4-6-14(15)19(29-30)20(32)27-18-10-12(2)28-31(18)17-11-13(22(24,25)26)8-9-16(17)23/h4-11H,3H2,1-2H3,(H,27,32). The number of nitrogens with zero attached hydrogens (tertiary/aromatic N) is 4. The third-order valence-electron chi connectivity index (χ3n) is 4.96. The van der Waals surface area contributed by atoms with E-state index in [-0.39, 0.29) is 34.3 Å². The van der Waals surface area contributed by atoms with E-state index in [1.165, 1.54) is 10.7 Å². The molecule has 1 amide bonds. The molecule has 4 aromatic rings. The van der Waals surface area contributed by atoms with Crippen LogP contribution in [0.1, 0.15) is 28.7 Å². The average molecular weight is 476 g/mol. The maximum Gasteiger partial charge on any atom is 0.416 e. The Morgan fingerprint density at radius 3 is 2.45 bits per heavy atom. The Kier molecular flexibility index (Phi) is 5.71. The summed E-state index contributed by atoms with van der Waals surface area (Å²) in [4.78, 5) is 25.7. The minimum Gasteiger partial charge on any atom is -0.305 e. The number of fused-ring (bicyclic) bond motifs is 1. The number of anilines is 1. The number of aromatic nitrogens is 4. The molecule has 2 aromatic heterocycles. The summed E-state index contributed by atoms with van der Waals surface area (Å²) < 4.78 is 42.0. The second-order valence-electron chi connectivity index (χ2n) is 7.22. The summed E-state index contributed by atoms with van der Waals surface area (Å²) in [7, 11) is 0. The number of halogens is 4. The highest BCUT2D eigenvalue weighted by Gasteiger charge is 2.31. The second-order valence-corrected chi connectivity index (χ2v) is 7.62. The van der Waals surface area contributed by atoms with E-state index in [1.807, 2.05) is 0 Å². The Hall–Kier alpha value is -3.66. The van der Waals surface area contributed by atoms with Crippen LogP contribution in [0.4, 0.5) is 19.0 Å². The number of nitrogens with one attached hydrogen (secondary N) is 1. The largest absolute Gasteiger partial charge is 0.416 e. The van der Waals surface area contributed by atoms with Crippen LogP contribution >= 0.6 is 11.6 Å². The van der Waals surface area contributed by atoms with Gasteiger partial charge in [0.1, 0.15) is 5.82 Å². The Morgan fingerprint density at radius 2 is 1.79 bits per heavy atom. The van der Waals surface area contributed by atoms with Crippen molar-refractivity contribution in [3.05, 3.63) is 80.9 Å². The second kappa shape index (κ2) is 8.36. The number of benzene rings is 2. The molecule has 0 fully saturated rings. The van der Waals surface area contributed by atoms with Crippen molar-refractivity contribution >= 4 is 34.1 Å². The monoisotopic (exact) mass is 475 g/mol. The van der Waals surface area contributed by atoms with Crippen molar-refractivity contribution in [3.8, 4) is 5.69 Å². The molecule has 0 aliphatic carbocycles. The molecular formula is C22H17ClF3N5O2. The highest BCUT2D eigenvalue weighted by Crippen LogP contribution is 2.34. The van der Waals surface area contributed by atoms with E-state index < -0.39 is 17.6 Å². The zero-order valence-corrected chi connectivity index (χ0v) is 18.2. The van der Waals surface area contributed by atoms with E-state index in [0.717, 1.165) is 22.9 Å². The number of rotatable bonds is 4. The fraction of sp³-hybridized carbons (Fsp3) is 0.182. The van der Waals surface area contributed by atoms with Crippen molar-refractivity contribution in [1.29, 1.82) is 0 Å². The van der Waals surface area contributed by atoms with Crippen LogP contribution in [-0.2, 0) is 12.7 Å². The molecule has 0 unspecified atom stereocenters. The smallest absolute Gasteiger partial charge is 0.305 e. The first-order chi connectivity index (χ1) is 15.6. The lowest BCUT2D eigenvalue weighted by Gasteiger charge is -2.14. The molecule has 33 heavy (non-hydrogen) atoms. The normalized spacial score (nSPS) is 11.7. The van der Waals surface area contributed by atoms with Crippen LogP contribution in [0.15, 0.2) is 53.3 Å². The summed E-state index contributed by atoms with van der Waals surface area (Å²) in [6, 6.07) is 10.9. The van der Waals surface area contributed by atoms with Crippen LogP contribution in [-0.4, -0.2) is 25.5 Å². The van der Waals surface area contributed by atoms with E-state index >= 15 is 0 Å². The maximum absolute atomic E-state index is 13.2. The zero-order chi connectivity index (χ0) is 23.9. The van der Waals surface area contributed by atoms with Crippen LogP contribution in [0, 0.1) is 6.92 Å². The van der Waals surface area contributed by atoms with Crippen molar-refractivity contribution in [2.45, 2.75) is 26.6 Å². The summed E-state index contributed by atoms with van der Waals surface area (Å²) in [5.74, 6) is -0.559. The molecule has 4 rings (SSSR count).